The average molecular weight is 366 g/mol. The molecule has 0 atom stereocenters. The van der Waals surface area contributed by atoms with Crippen LogP contribution in [0.15, 0.2) is 42.5 Å². The second-order valence-corrected chi connectivity index (χ2v) is 7.04. The standard InChI is InChI=1S/C22H26N2O3/c1-15-8-9-17(14-16(15)2)21(25)23-18-10-12-24(13-11-18)22(26)19-6-4-5-7-20(19)27-3/h4-9,14,18H,10-13H2,1-3H3,(H,23,25). The minimum absolute atomic E-state index is 0.0219. The molecule has 1 fully saturated rings. The summed E-state index contributed by atoms with van der Waals surface area (Å²) in [5.41, 5.74) is 3.55. The average Bonchev–Trinajstić information content (AvgIpc) is 2.70. The second-order valence-electron chi connectivity index (χ2n) is 7.04. The Balaban J connectivity index is 1.58. The number of amides is 2. The van der Waals surface area contributed by atoms with Crippen LogP contribution in [0.4, 0.5) is 0 Å². The van der Waals surface area contributed by atoms with Gasteiger partial charge in [-0.15, -0.1) is 0 Å². The molecule has 0 saturated carbocycles. The molecule has 1 saturated heterocycles. The van der Waals surface area contributed by atoms with E-state index in [0.29, 0.717) is 30.0 Å². The van der Waals surface area contributed by atoms with Crippen molar-refractivity contribution >= 4 is 11.8 Å². The maximum absolute atomic E-state index is 12.8. The summed E-state index contributed by atoms with van der Waals surface area (Å²) in [6.45, 7) is 5.28. The first-order valence-corrected chi connectivity index (χ1v) is 9.30. The fraction of sp³-hybridized carbons (Fsp3) is 0.364. The van der Waals surface area contributed by atoms with Gasteiger partial charge in [-0.1, -0.05) is 18.2 Å². The number of methoxy groups -OCH3 is 1. The highest BCUT2D eigenvalue weighted by molar-refractivity contribution is 5.97. The predicted molar refractivity (Wildman–Crippen MR) is 105 cm³/mol. The number of rotatable bonds is 4. The van der Waals surface area contributed by atoms with E-state index in [0.717, 1.165) is 18.4 Å². The SMILES string of the molecule is COc1ccccc1C(=O)N1CCC(NC(=O)c2ccc(C)c(C)c2)CC1. The summed E-state index contributed by atoms with van der Waals surface area (Å²) in [5.74, 6) is 0.520. The largest absolute Gasteiger partial charge is 0.496 e. The number of hydrogen-bond acceptors (Lipinski definition) is 3. The summed E-state index contributed by atoms with van der Waals surface area (Å²) in [6.07, 6.45) is 1.49. The molecule has 1 aliphatic rings. The lowest BCUT2D eigenvalue weighted by Gasteiger charge is -2.32. The van der Waals surface area contributed by atoms with Crippen molar-refractivity contribution in [3.05, 3.63) is 64.7 Å². The first-order chi connectivity index (χ1) is 13.0. The Kier molecular flexibility index (Phi) is 5.79. The Bertz CT molecular complexity index is 839. The molecule has 5 nitrogen and oxygen atoms in total. The number of para-hydroxylation sites is 1. The molecule has 1 aliphatic heterocycles. The lowest BCUT2D eigenvalue weighted by molar-refractivity contribution is 0.0695. The van der Waals surface area contributed by atoms with Gasteiger partial charge < -0.3 is 15.0 Å². The number of benzene rings is 2. The number of carbonyl (C=O) groups excluding carboxylic acids is 2. The molecule has 2 aromatic rings. The zero-order valence-corrected chi connectivity index (χ0v) is 16.1. The minimum atomic E-state index is -0.0485. The van der Waals surface area contributed by atoms with E-state index < -0.39 is 0 Å². The van der Waals surface area contributed by atoms with Crippen LogP contribution in [-0.4, -0.2) is 43.0 Å². The number of aryl methyl sites for hydroxylation is 2. The van der Waals surface area contributed by atoms with Crippen molar-refractivity contribution in [2.24, 2.45) is 0 Å². The Morgan fingerprint density at radius 3 is 2.41 bits per heavy atom. The van der Waals surface area contributed by atoms with Crippen LogP contribution in [0.2, 0.25) is 0 Å². The zero-order valence-electron chi connectivity index (χ0n) is 16.1. The molecule has 1 N–H and O–H groups in total. The van der Waals surface area contributed by atoms with Gasteiger partial charge in [0.2, 0.25) is 0 Å². The van der Waals surface area contributed by atoms with E-state index >= 15 is 0 Å². The summed E-state index contributed by atoms with van der Waals surface area (Å²) in [7, 11) is 1.57. The normalized spacial score (nSPS) is 14.7. The van der Waals surface area contributed by atoms with Gasteiger partial charge in [0.25, 0.3) is 11.8 Å². The van der Waals surface area contributed by atoms with Gasteiger partial charge in [-0.05, 0) is 62.1 Å². The molecule has 2 amide bonds. The van der Waals surface area contributed by atoms with Crippen LogP contribution in [-0.2, 0) is 0 Å². The van der Waals surface area contributed by atoms with E-state index in [1.165, 1.54) is 5.56 Å². The lowest BCUT2D eigenvalue weighted by Crippen LogP contribution is -2.46. The maximum atomic E-state index is 12.8. The van der Waals surface area contributed by atoms with Gasteiger partial charge in [0.1, 0.15) is 5.75 Å². The monoisotopic (exact) mass is 366 g/mol. The van der Waals surface area contributed by atoms with Gasteiger partial charge in [0, 0.05) is 24.7 Å². The fourth-order valence-electron chi connectivity index (χ4n) is 3.37. The van der Waals surface area contributed by atoms with Gasteiger partial charge in [0.05, 0.1) is 12.7 Å². The van der Waals surface area contributed by atoms with E-state index in [2.05, 4.69) is 5.32 Å². The maximum Gasteiger partial charge on any atom is 0.257 e. The van der Waals surface area contributed by atoms with E-state index in [4.69, 9.17) is 4.74 Å². The number of carbonyl (C=O) groups is 2. The second kappa shape index (κ2) is 8.25. The summed E-state index contributed by atoms with van der Waals surface area (Å²) in [4.78, 5) is 27.1. The Labute approximate surface area is 160 Å². The number of nitrogens with zero attached hydrogens (tertiary/aromatic N) is 1. The summed E-state index contributed by atoms with van der Waals surface area (Å²) in [6, 6.07) is 13.1. The third kappa shape index (κ3) is 4.30. The first kappa shape index (κ1) is 19.0. The van der Waals surface area contributed by atoms with Crippen LogP contribution in [0.1, 0.15) is 44.7 Å². The molecule has 3 rings (SSSR count). The number of likely N-dealkylation sites (tertiary alicyclic amines) is 1. The van der Waals surface area contributed by atoms with Gasteiger partial charge in [-0.3, -0.25) is 9.59 Å². The Morgan fingerprint density at radius 2 is 1.74 bits per heavy atom. The van der Waals surface area contributed by atoms with Gasteiger partial charge in [-0.25, -0.2) is 0 Å². The summed E-state index contributed by atoms with van der Waals surface area (Å²) < 4.78 is 5.29. The summed E-state index contributed by atoms with van der Waals surface area (Å²) in [5, 5.41) is 3.10. The molecule has 0 aromatic heterocycles. The number of hydrogen-bond donors (Lipinski definition) is 1. The zero-order chi connectivity index (χ0) is 19.4. The molecule has 0 spiro atoms. The van der Waals surface area contributed by atoms with E-state index in [9.17, 15) is 9.59 Å². The predicted octanol–water partition coefficient (Wildman–Crippen LogP) is 3.35. The highest BCUT2D eigenvalue weighted by Gasteiger charge is 2.26. The smallest absolute Gasteiger partial charge is 0.257 e. The number of piperidine rings is 1. The van der Waals surface area contributed by atoms with Crippen LogP contribution in [0.25, 0.3) is 0 Å². The molecule has 142 valence electrons. The number of ether oxygens (including phenoxy) is 1. The fourth-order valence-corrected chi connectivity index (χ4v) is 3.37. The van der Waals surface area contributed by atoms with E-state index in [-0.39, 0.29) is 17.9 Å². The third-order valence-electron chi connectivity index (χ3n) is 5.22. The molecule has 0 unspecified atom stereocenters. The van der Waals surface area contributed by atoms with Crippen molar-refractivity contribution < 1.29 is 14.3 Å². The van der Waals surface area contributed by atoms with Crippen molar-refractivity contribution in [3.63, 3.8) is 0 Å². The molecule has 27 heavy (non-hydrogen) atoms. The Hall–Kier alpha value is -2.82. The molecule has 0 aliphatic carbocycles. The molecule has 0 radical (unpaired) electrons. The van der Waals surface area contributed by atoms with Gasteiger partial charge in [-0.2, -0.15) is 0 Å². The number of nitrogens with one attached hydrogen (secondary N) is 1. The quantitative estimate of drug-likeness (QED) is 0.903. The minimum Gasteiger partial charge on any atom is -0.496 e. The molecule has 5 heteroatoms. The van der Waals surface area contributed by atoms with Crippen molar-refractivity contribution in [1.82, 2.24) is 10.2 Å². The van der Waals surface area contributed by atoms with Crippen LogP contribution in [0.3, 0.4) is 0 Å². The van der Waals surface area contributed by atoms with Crippen LogP contribution < -0.4 is 10.1 Å². The first-order valence-electron chi connectivity index (χ1n) is 9.30. The summed E-state index contributed by atoms with van der Waals surface area (Å²) >= 11 is 0. The molecular weight excluding hydrogens is 340 g/mol. The van der Waals surface area contributed by atoms with Crippen LogP contribution in [0.5, 0.6) is 5.75 Å². The van der Waals surface area contributed by atoms with Crippen molar-refractivity contribution in [1.29, 1.82) is 0 Å². The molecular formula is C22H26N2O3. The van der Waals surface area contributed by atoms with Crippen molar-refractivity contribution in [2.75, 3.05) is 20.2 Å². The lowest BCUT2D eigenvalue weighted by atomic mass is 10.0. The van der Waals surface area contributed by atoms with E-state index in [1.807, 2.05) is 49.1 Å². The highest BCUT2D eigenvalue weighted by atomic mass is 16.5. The van der Waals surface area contributed by atoms with Gasteiger partial charge >= 0.3 is 0 Å². The van der Waals surface area contributed by atoms with Crippen molar-refractivity contribution in [3.8, 4) is 5.75 Å². The van der Waals surface area contributed by atoms with Crippen molar-refractivity contribution in [2.45, 2.75) is 32.7 Å². The molecule has 0 bridgehead atoms. The Morgan fingerprint density at radius 1 is 1.04 bits per heavy atom. The van der Waals surface area contributed by atoms with Crippen LogP contribution >= 0.6 is 0 Å². The molecule has 2 aromatic carbocycles. The van der Waals surface area contributed by atoms with Crippen LogP contribution in [0, 0.1) is 13.8 Å². The third-order valence-corrected chi connectivity index (χ3v) is 5.22. The highest BCUT2D eigenvalue weighted by Crippen LogP contribution is 2.22. The molecule has 1 heterocycles. The van der Waals surface area contributed by atoms with E-state index in [1.54, 1.807) is 19.2 Å². The van der Waals surface area contributed by atoms with Gasteiger partial charge in [0.15, 0.2) is 0 Å². The topological polar surface area (TPSA) is 58.6 Å².